The third-order valence-corrected chi connectivity index (χ3v) is 3.29. The molecule has 0 amide bonds. The molecule has 2 rings (SSSR count). The number of carbonyl (C=O) groups excluding carboxylic acids is 2. The van der Waals surface area contributed by atoms with Crippen LogP contribution in [0, 0.1) is 5.92 Å². The van der Waals surface area contributed by atoms with Crippen molar-refractivity contribution < 1.29 is 14.3 Å². The van der Waals surface area contributed by atoms with E-state index < -0.39 is 11.6 Å². The predicted molar refractivity (Wildman–Crippen MR) is 78.2 cm³/mol. The fraction of sp³-hybridized carbons (Fsp3) is 0.600. The Kier molecular flexibility index (Phi) is 4.55. The first-order valence-electron chi connectivity index (χ1n) is 7.14. The van der Waals surface area contributed by atoms with E-state index in [1.807, 2.05) is 25.7 Å². The number of aldehydes is 1. The van der Waals surface area contributed by atoms with E-state index in [4.69, 9.17) is 4.74 Å². The molecule has 114 valence electrons. The number of hydrogen-bond acceptors (Lipinski definition) is 6. The summed E-state index contributed by atoms with van der Waals surface area (Å²) in [6.07, 6.45) is 5.63. The monoisotopic (exact) mass is 291 g/mol. The summed E-state index contributed by atoms with van der Waals surface area (Å²) >= 11 is 0. The minimum Gasteiger partial charge on any atom is -0.456 e. The number of hydrogen-bond donors (Lipinski definition) is 0. The van der Waals surface area contributed by atoms with Crippen LogP contribution in [0.25, 0.3) is 0 Å². The van der Waals surface area contributed by atoms with Gasteiger partial charge in [0.1, 0.15) is 11.9 Å². The third kappa shape index (κ3) is 4.24. The highest BCUT2D eigenvalue weighted by atomic mass is 16.6. The number of anilines is 1. The van der Waals surface area contributed by atoms with Crippen LogP contribution in [0.5, 0.6) is 0 Å². The average molecular weight is 291 g/mol. The summed E-state index contributed by atoms with van der Waals surface area (Å²) in [5, 5.41) is 0. The second-order valence-corrected chi connectivity index (χ2v) is 6.23. The molecular formula is C15H21N3O3. The Morgan fingerprint density at radius 2 is 1.86 bits per heavy atom. The van der Waals surface area contributed by atoms with E-state index in [2.05, 4.69) is 9.97 Å². The van der Waals surface area contributed by atoms with Crippen LogP contribution in [0.4, 0.5) is 5.95 Å². The van der Waals surface area contributed by atoms with Gasteiger partial charge in [0.25, 0.3) is 0 Å². The van der Waals surface area contributed by atoms with Crippen molar-refractivity contribution in [1.29, 1.82) is 0 Å². The number of rotatable bonds is 3. The molecule has 1 fully saturated rings. The highest BCUT2D eigenvalue weighted by Gasteiger charge is 2.22. The highest BCUT2D eigenvalue weighted by Crippen LogP contribution is 2.19. The molecule has 0 saturated carbocycles. The van der Waals surface area contributed by atoms with Crippen LogP contribution in [0.15, 0.2) is 12.4 Å². The minimum atomic E-state index is -0.535. The zero-order valence-corrected chi connectivity index (χ0v) is 12.7. The number of esters is 1. The normalized spacial score (nSPS) is 16.6. The van der Waals surface area contributed by atoms with Crippen molar-refractivity contribution in [2.75, 3.05) is 18.0 Å². The number of aromatic nitrogens is 2. The average Bonchev–Trinajstić information content (AvgIpc) is 2.46. The lowest BCUT2D eigenvalue weighted by atomic mass is 9.99. The van der Waals surface area contributed by atoms with Gasteiger partial charge in [0.2, 0.25) is 5.95 Å². The summed E-state index contributed by atoms with van der Waals surface area (Å²) in [5.41, 5.74) is -0.191. The molecule has 0 atom stereocenters. The Balaban J connectivity index is 1.99. The SMILES string of the molecule is CC(C)(C)OC(=O)c1cnc(N2CCC(C=O)CC2)nc1. The zero-order chi connectivity index (χ0) is 15.5. The van der Waals surface area contributed by atoms with Crippen LogP contribution >= 0.6 is 0 Å². The number of piperidine rings is 1. The summed E-state index contributed by atoms with van der Waals surface area (Å²) in [7, 11) is 0. The first-order valence-corrected chi connectivity index (χ1v) is 7.14. The van der Waals surface area contributed by atoms with Crippen molar-refractivity contribution in [3.63, 3.8) is 0 Å². The van der Waals surface area contributed by atoms with Crippen LogP contribution in [0.1, 0.15) is 44.0 Å². The van der Waals surface area contributed by atoms with Gasteiger partial charge in [-0.05, 0) is 33.6 Å². The Labute approximate surface area is 124 Å². The van der Waals surface area contributed by atoms with E-state index in [9.17, 15) is 9.59 Å². The molecule has 0 bridgehead atoms. The van der Waals surface area contributed by atoms with E-state index in [0.717, 1.165) is 32.2 Å². The molecule has 6 heteroatoms. The molecule has 1 saturated heterocycles. The van der Waals surface area contributed by atoms with Gasteiger partial charge in [-0.15, -0.1) is 0 Å². The van der Waals surface area contributed by atoms with Crippen molar-refractivity contribution >= 4 is 18.2 Å². The molecule has 0 radical (unpaired) electrons. The molecule has 21 heavy (non-hydrogen) atoms. The molecule has 0 N–H and O–H groups in total. The van der Waals surface area contributed by atoms with Crippen LogP contribution in [-0.4, -0.2) is 40.9 Å². The van der Waals surface area contributed by atoms with E-state index in [1.54, 1.807) is 0 Å². The van der Waals surface area contributed by atoms with Crippen LogP contribution in [-0.2, 0) is 9.53 Å². The molecule has 0 spiro atoms. The summed E-state index contributed by atoms with van der Waals surface area (Å²) in [5.74, 6) is 0.308. The van der Waals surface area contributed by atoms with Gasteiger partial charge in [-0.1, -0.05) is 0 Å². The quantitative estimate of drug-likeness (QED) is 0.625. The van der Waals surface area contributed by atoms with Crippen molar-refractivity contribution in [3.05, 3.63) is 18.0 Å². The Bertz CT molecular complexity index is 500. The molecule has 0 aromatic carbocycles. The van der Waals surface area contributed by atoms with Crippen molar-refractivity contribution in [1.82, 2.24) is 9.97 Å². The van der Waals surface area contributed by atoms with Crippen LogP contribution < -0.4 is 4.90 Å². The molecule has 0 aliphatic carbocycles. The number of carbonyl (C=O) groups is 2. The Morgan fingerprint density at radius 1 is 1.29 bits per heavy atom. The molecule has 1 aromatic rings. The highest BCUT2D eigenvalue weighted by molar-refractivity contribution is 5.89. The zero-order valence-electron chi connectivity index (χ0n) is 12.7. The van der Waals surface area contributed by atoms with Crippen LogP contribution in [0.3, 0.4) is 0 Å². The summed E-state index contributed by atoms with van der Waals surface area (Å²) in [4.78, 5) is 33.1. The van der Waals surface area contributed by atoms with Gasteiger partial charge in [0.05, 0.1) is 5.56 Å². The largest absolute Gasteiger partial charge is 0.456 e. The molecular weight excluding hydrogens is 270 g/mol. The van der Waals surface area contributed by atoms with Gasteiger partial charge in [-0.3, -0.25) is 0 Å². The number of nitrogens with zero attached hydrogens (tertiary/aromatic N) is 3. The van der Waals surface area contributed by atoms with Crippen molar-refractivity contribution in [2.45, 2.75) is 39.2 Å². The molecule has 0 unspecified atom stereocenters. The lowest BCUT2D eigenvalue weighted by Gasteiger charge is -2.29. The maximum atomic E-state index is 11.9. The number of ether oxygens (including phenoxy) is 1. The summed E-state index contributed by atoms with van der Waals surface area (Å²) in [6.45, 7) is 6.97. The molecule has 1 aliphatic heterocycles. The summed E-state index contributed by atoms with van der Waals surface area (Å²) in [6, 6.07) is 0. The predicted octanol–water partition coefficient (Wildman–Crippen LogP) is 1.85. The second-order valence-electron chi connectivity index (χ2n) is 6.23. The van der Waals surface area contributed by atoms with Gasteiger partial charge >= 0.3 is 5.97 Å². The van der Waals surface area contributed by atoms with Gasteiger partial charge < -0.3 is 14.4 Å². The van der Waals surface area contributed by atoms with E-state index in [0.29, 0.717) is 11.5 Å². The first kappa shape index (κ1) is 15.4. The molecule has 2 heterocycles. The summed E-state index contributed by atoms with van der Waals surface area (Å²) < 4.78 is 5.27. The first-order chi connectivity index (χ1) is 9.89. The minimum absolute atomic E-state index is 0.141. The van der Waals surface area contributed by atoms with Crippen LogP contribution in [0.2, 0.25) is 0 Å². The van der Waals surface area contributed by atoms with E-state index in [-0.39, 0.29) is 5.92 Å². The molecule has 1 aliphatic rings. The van der Waals surface area contributed by atoms with Crippen molar-refractivity contribution in [3.8, 4) is 0 Å². The van der Waals surface area contributed by atoms with Gasteiger partial charge in [-0.2, -0.15) is 0 Å². The third-order valence-electron chi connectivity index (χ3n) is 3.29. The van der Waals surface area contributed by atoms with Gasteiger partial charge in [0.15, 0.2) is 0 Å². The maximum absolute atomic E-state index is 11.9. The standard InChI is InChI=1S/C15H21N3O3/c1-15(2,3)21-13(20)12-8-16-14(17-9-12)18-6-4-11(10-19)5-7-18/h8-11H,4-7H2,1-3H3. The van der Waals surface area contributed by atoms with E-state index in [1.165, 1.54) is 12.4 Å². The smallest absolute Gasteiger partial charge is 0.341 e. The fourth-order valence-electron chi connectivity index (χ4n) is 2.16. The lowest BCUT2D eigenvalue weighted by molar-refractivity contribution is -0.111. The van der Waals surface area contributed by atoms with Gasteiger partial charge in [-0.25, -0.2) is 14.8 Å². The lowest BCUT2D eigenvalue weighted by Crippen LogP contribution is -2.35. The van der Waals surface area contributed by atoms with Gasteiger partial charge in [0, 0.05) is 31.4 Å². The Morgan fingerprint density at radius 3 is 2.33 bits per heavy atom. The van der Waals surface area contributed by atoms with Crippen molar-refractivity contribution in [2.24, 2.45) is 5.92 Å². The maximum Gasteiger partial charge on any atom is 0.341 e. The molecule has 1 aromatic heterocycles. The second kappa shape index (κ2) is 6.20. The topological polar surface area (TPSA) is 72.4 Å². The fourth-order valence-corrected chi connectivity index (χ4v) is 2.16. The van der Waals surface area contributed by atoms with E-state index >= 15 is 0 Å². The Hall–Kier alpha value is -1.98. The molecule has 6 nitrogen and oxygen atoms in total.